The average molecular weight is 412 g/mol. The number of ether oxygens (including phenoxy) is 1. The second-order valence-electron chi connectivity index (χ2n) is 8.52. The molecule has 162 valence electrons. The Labute approximate surface area is 178 Å². The minimum Gasteiger partial charge on any atom is -0.381 e. The highest BCUT2D eigenvalue weighted by Gasteiger charge is 2.31. The fraction of sp³-hybridized carbons (Fsp3) is 0.565. The molecular formula is C23H33N5O2. The van der Waals surface area contributed by atoms with Crippen molar-refractivity contribution in [3.8, 4) is 0 Å². The van der Waals surface area contributed by atoms with Gasteiger partial charge in [0.1, 0.15) is 0 Å². The van der Waals surface area contributed by atoms with E-state index in [1.165, 1.54) is 5.56 Å². The van der Waals surface area contributed by atoms with E-state index < -0.39 is 0 Å². The second-order valence-corrected chi connectivity index (χ2v) is 8.52. The summed E-state index contributed by atoms with van der Waals surface area (Å²) in [5.41, 5.74) is 8.64. The third-order valence-corrected chi connectivity index (χ3v) is 6.35. The van der Waals surface area contributed by atoms with Crippen molar-refractivity contribution in [2.24, 2.45) is 11.7 Å². The number of likely N-dealkylation sites (tertiary alicyclic amines) is 1. The van der Waals surface area contributed by atoms with Crippen LogP contribution in [0.4, 0.5) is 0 Å². The molecule has 3 N–H and O–H groups in total. The number of aromatic nitrogens is 2. The summed E-state index contributed by atoms with van der Waals surface area (Å²) >= 11 is 0. The maximum Gasteiger partial charge on any atom is 0.224 e. The number of hydrogen-bond donors (Lipinski definition) is 2. The van der Waals surface area contributed by atoms with Crippen LogP contribution in [0.3, 0.4) is 0 Å². The molecule has 4 rings (SSSR count). The number of carbonyl (C=O) groups is 1. The summed E-state index contributed by atoms with van der Waals surface area (Å²) in [5.74, 6) is 0.120. The Hall–Kier alpha value is -2.22. The average Bonchev–Trinajstić information content (AvgIpc) is 3.20. The van der Waals surface area contributed by atoms with Gasteiger partial charge in [-0.2, -0.15) is 5.10 Å². The van der Waals surface area contributed by atoms with Crippen LogP contribution in [0.15, 0.2) is 42.7 Å². The van der Waals surface area contributed by atoms with Crippen LogP contribution in [-0.2, 0) is 22.6 Å². The maximum atomic E-state index is 13.1. The first-order valence-corrected chi connectivity index (χ1v) is 11.1. The number of rotatable bonds is 6. The highest BCUT2D eigenvalue weighted by molar-refractivity contribution is 5.79. The summed E-state index contributed by atoms with van der Waals surface area (Å²) in [6, 6.07) is 10.8. The van der Waals surface area contributed by atoms with E-state index in [-0.39, 0.29) is 17.9 Å². The lowest BCUT2D eigenvalue weighted by Gasteiger charge is -2.35. The normalized spacial score (nSPS) is 23.8. The molecule has 0 radical (unpaired) electrons. The van der Waals surface area contributed by atoms with E-state index in [4.69, 9.17) is 10.5 Å². The first-order chi connectivity index (χ1) is 14.7. The molecule has 0 bridgehead atoms. The highest BCUT2D eigenvalue weighted by Crippen LogP contribution is 2.23. The zero-order valence-electron chi connectivity index (χ0n) is 17.6. The van der Waals surface area contributed by atoms with Crippen molar-refractivity contribution in [1.82, 2.24) is 20.0 Å². The molecule has 2 aliphatic heterocycles. The monoisotopic (exact) mass is 411 g/mol. The van der Waals surface area contributed by atoms with Crippen LogP contribution in [0, 0.1) is 5.92 Å². The highest BCUT2D eigenvalue weighted by atomic mass is 16.5. The number of nitrogens with zero attached hydrogens (tertiary/aromatic N) is 3. The van der Waals surface area contributed by atoms with Crippen LogP contribution in [0.5, 0.6) is 0 Å². The van der Waals surface area contributed by atoms with Gasteiger partial charge in [0.05, 0.1) is 12.5 Å². The Bertz CT molecular complexity index is 804. The third-order valence-electron chi connectivity index (χ3n) is 6.35. The van der Waals surface area contributed by atoms with Gasteiger partial charge in [-0.3, -0.25) is 14.4 Å². The Morgan fingerprint density at radius 2 is 1.90 bits per heavy atom. The van der Waals surface area contributed by atoms with E-state index in [1.54, 1.807) is 6.20 Å². The molecule has 1 amide bonds. The summed E-state index contributed by atoms with van der Waals surface area (Å²) < 4.78 is 7.42. The quantitative estimate of drug-likeness (QED) is 0.757. The first-order valence-electron chi connectivity index (χ1n) is 11.1. The number of benzene rings is 1. The van der Waals surface area contributed by atoms with Gasteiger partial charge in [-0.15, -0.1) is 0 Å². The summed E-state index contributed by atoms with van der Waals surface area (Å²) in [7, 11) is 0. The van der Waals surface area contributed by atoms with Crippen LogP contribution < -0.4 is 11.1 Å². The van der Waals surface area contributed by atoms with Gasteiger partial charge in [-0.25, -0.2) is 0 Å². The molecular weight excluding hydrogens is 378 g/mol. The first kappa shape index (κ1) is 21.0. The predicted octanol–water partition coefficient (Wildman–Crippen LogP) is 1.77. The summed E-state index contributed by atoms with van der Waals surface area (Å²) in [5, 5.41) is 7.49. The van der Waals surface area contributed by atoms with Gasteiger partial charge in [0.15, 0.2) is 0 Å². The van der Waals surface area contributed by atoms with Crippen LogP contribution in [0.25, 0.3) is 0 Å². The molecule has 2 fully saturated rings. The second kappa shape index (κ2) is 10.2. The molecule has 2 atom stereocenters. The molecule has 1 aromatic carbocycles. The number of hydrogen-bond acceptors (Lipinski definition) is 5. The van der Waals surface area contributed by atoms with E-state index in [1.807, 2.05) is 29.1 Å². The van der Waals surface area contributed by atoms with Crippen molar-refractivity contribution in [3.05, 3.63) is 53.9 Å². The van der Waals surface area contributed by atoms with Crippen molar-refractivity contribution in [3.63, 3.8) is 0 Å². The molecule has 0 unspecified atom stereocenters. The van der Waals surface area contributed by atoms with Gasteiger partial charge in [0, 0.05) is 57.3 Å². The minimum atomic E-state index is -0.0142. The fourth-order valence-corrected chi connectivity index (χ4v) is 4.60. The lowest BCUT2D eigenvalue weighted by Crippen LogP contribution is -2.47. The van der Waals surface area contributed by atoms with Gasteiger partial charge in [0.2, 0.25) is 5.91 Å². The van der Waals surface area contributed by atoms with E-state index in [0.29, 0.717) is 19.1 Å². The summed E-state index contributed by atoms with van der Waals surface area (Å²) in [4.78, 5) is 15.5. The molecule has 1 aromatic heterocycles. The topological polar surface area (TPSA) is 85.4 Å². The van der Waals surface area contributed by atoms with Crippen molar-refractivity contribution in [2.45, 2.75) is 50.9 Å². The predicted molar refractivity (Wildman–Crippen MR) is 116 cm³/mol. The Morgan fingerprint density at radius 1 is 1.10 bits per heavy atom. The minimum absolute atomic E-state index is 0.0142. The summed E-state index contributed by atoms with van der Waals surface area (Å²) in [6.07, 6.45) is 7.54. The maximum absolute atomic E-state index is 13.1. The van der Waals surface area contributed by atoms with Crippen molar-refractivity contribution >= 4 is 5.91 Å². The fourth-order valence-electron chi connectivity index (χ4n) is 4.60. The van der Waals surface area contributed by atoms with E-state index in [9.17, 15) is 4.79 Å². The van der Waals surface area contributed by atoms with Gasteiger partial charge in [-0.1, -0.05) is 24.3 Å². The SMILES string of the molecule is N[C@H]1CC[C@@H](C(=O)NCc2ccccc2Cn2cccn2)CN(C2CCOCC2)C1. The molecule has 0 spiro atoms. The molecule has 2 saturated heterocycles. The zero-order valence-corrected chi connectivity index (χ0v) is 17.6. The standard InChI is InChI=1S/C23H33N5O2/c24-21-7-6-20(15-27(17-21)22-8-12-30-13-9-22)23(29)25-14-18-4-1-2-5-19(18)16-28-11-3-10-26-28/h1-5,10-11,20-22H,6-9,12-17,24H2,(H,25,29)/t20-,21+/m1/s1. The smallest absolute Gasteiger partial charge is 0.224 e. The molecule has 0 saturated carbocycles. The lowest BCUT2D eigenvalue weighted by atomic mass is 10.00. The van der Waals surface area contributed by atoms with Crippen molar-refractivity contribution in [2.75, 3.05) is 26.3 Å². The summed E-state index contributed by atoms with van der Waals surface area (Å²) in [6.45, 7) is 4.52. The van der Waals surface area contributed by atoms with Gasteiger partial charge in [0.25, 0.3) is 0 Å². The van der Waals surface area contributed by atoms with Crippen LogP contribution in [0.2, 0.25) is 0 Å². The van der Waals surface area contributed by atoms with Crippen molar-refractivity contribution in [1.29, 1.82) is 0 Å². The lowest BCUT2D eigenvalue weighted by molar-refractivity contribution is -0.126. The van der Waals surface area contributed by atoms with Gasteiger partial charge < -0.3 is 15.8 Å². The Morgan fingerprint density at radius 3 is 2.67 bits per heavy atom. The van der Waals surface area contributed by atoms with Crippen LogP contribution in [-0.4, -0.2) is 59.0 Å². The van der Waals surface area contributed by atoms with E-state index in [0.717, 1.165) is 57.6 Å². The molecule has 7 heteroatoms. The van der Waals surface area contributed by atoms with Gasteiger partial charge >= 0.3 is 0 Å². The molecule has 3 heterocycles. The van der Waals surface area contributed by atoms with E-state index in [2.05, 4.69) is 27.4 Å². The number of carbonyl (C=O) groups excluding carboxylic acids is 1. The molecule has 2 aromatic rings. The molecule has 0 aliphatic carbocycles. The van der Waals surface area contributed by atoms with Crippen LogP contribution >= 0.6 is 0 Å². The van der Waals surface area contributed by atoms with E-state index >= 15 is 0 Å². The number of nitrogens with two attached hydrogens (primary N) is 1. The molecule has 30 heavy (non-hydrogen) atoms. The number of nitrogens with one attached hydrogen (secondary N) is 1. The number of amides is 1. The van der Waals surface area contributed by atoms with Crippen LogP contribution in [0.1, 0.15) is 36.8 Å². The zero-order chi connectivity index (χ0) is 20.8. The van der Waals surface area contributed by atoms with Crippen molar-refractivity contribution < 1.29 is 9.53 Å². The Balaban J connectivity index is 1.37. The molecule has 2 aliphatic rings. The Kier molecular flexibility index (Phi) is 7.15. The molecule has 7 nitrogen and oxygen atoms in total. The largest absolute Gasteiger partial charge is 0.381 e. The third kappa shape index (κ3) is 5.47. The van der Waals surface area contributed by atoms with Gasteiger partial charge in [-0.05, 0) is 42.9 Å².